The average molecular weight is 808 g/mol. The number of carbonyl (C=O) groups excluding carboxylic acids is 5. The summed E-state index contributed by atoms with van der Waals surface area (Å²) in [5.41, 5.74) is -0.220. The summed E-state index contributed by atoms with van der Waals surface area (Å²) in [5.74, 6) is -1.86. The van der Waals surface area contributed by atoms with Crippen molar-refractivity contribution in [2.75, 3.05) is 32.7 Å². The van der Waals surface area contributed by atoms with Crippen molar-refractivity contribution < 1.29 is 52.8 Å². The van der Waals surface area contributed by atoms with Crippen molar-refractivity contribution in [1.29, 1.82) is 0 Å². The number of ketones is 1. The number of fused-ring (bicyclic) bond motifs is 5. The molecule has 0 radical (unpaired) electrons. The van der Waals surface area contributed by atoms with Crippen molar-refractivity contribution in [3.05, 3.63) is 81.9 Å². The number of nitrogens with one attached hydrogen (secondary N) is 1. The van der Waals surface area contributed by atoms with Gasteiger partial charge >= 0.3 is 12.1 Å². The Morgan fingerprint density at radius 2 is 1.79 bits per heavy atom. The van der Waals surface area contributed by atoms with E-state index in [-0.39, 0.29) is 29.6 Å². The molecule has 3 amide bonds. The second kappa shape index (κ2) is 16.6. The zero-order chi connectivity index (χ0) is 41.4. The maximum atomic E-state index is 14.3. The molecule has 0 saturated carbocycles. The van der Waals surface area contributed by atoms with Gasteiger partial charge in [-0.15, -0.1) is 0 Å². The van der Waals surface area contributed by atoms with Crippen LogP contribution >= 0.6 is 11.6 Å². The summed E-state index contributed by atoms with van der Waals surface area (Å²) in [4.78, 5) is 69.7. The van der Waals surface area contributed by atoms with Crippen LogP contribution in [0, 0.1) is 5.92 Å². The van der Waals surface area contributed by atoms with Gasteiger partial charge in [0.25, 0.3) is 5.91 Å². The molecule has 2 aromatic carbocycles. The lowest BCUT2D eigenvalue weighted by molar-refractivity contribution is -0.158. The highest BCUT2D eigenvalue weighted by Gasteiger charge is 2.64. The molecule has 2 aromatic rings. The number of anilines is 1. The van der Waals surface area contributed by atoms with Gasteiger partial charge in [0.05, 0.1) is 25.3 Å². The summed E-state index contributed by atoms with van der Waals surface area (Å²) in [6, 6.07) is 8.88. The van der Waals surface area contributed by atoms with Crippen molar-refractivity contribution in [2.45, 2.75) is 102 Å². The van der Waals surface area contributed by atoms with E-state index >= 15 is 0 Å². The number of Topliss-reactive ketones (excluding diaryl/α,β-unsaturated/α-hetero) is 1. The van der Waals surface area contributed by atoms with Gasteiger partial charge in [0, 0.05) is 44.2 Å². The molecule has 0 aromatic heterocycles. The molecular weight excluding hydrogens is 758 g/mol. The van der Waals surface area contributed by atoms with Gasteiger partial charge in [0.2, 0.25) is 5.91 Å². The summed E-state index contributed by atoms with van der Waals surface area (Å²) >= 11 is 6.79. The summed E-state index contributed by atoms with van der Waals surface area (Å²) in [5, 5.41) is 14.5. The molecule has 4 bridgehead atoms. The molecule has 3 saturated heterocycles. The largest absolute Gasteiger partial charge is 0.495 e. The summed E-state index contributed by atoms with van der Waals surface area (Å²) in [6.45, 7) is 7.18. The predicted octanol–water partition coefficient (Wildman–Crippen LogP) is 5.18. The lowest BCUT2D eigenvalue weighted by atomic mass is 9.83. The first-order valence-electron chi connectivity index (χ1n) is 19.0. The first-order chi connectivity index (χ1) is 27.0. The number of likely N-dealkylation sites (tertiary alicyclic amines) is 1. The maximum Gasteiger partial charge on any atom is 0.409 e. The van der Waals surface area contributed by atoms with Gasteiger partial charge in [-0.25, -0.2) is 9.59 Å². The fraction of sp³-hybridized carbons (Fsp3) is 0.500. The van der Waals surface area contributed by atoms with E-state index in [2.05, 4.69) is 5.32 Å². The highest BCUT2D eigenvalue weighted by atomic mass is 35.5. The lowest BCUT2D eigenvalue weighted by Gasteiger charge is -2.42. The average Bonchev–Trinajstić information content (AvgIpc) is 3.62. The first kappa shape index (κ1) is 41.9. The Bertz CT molecular complexity index is 1980. The molecule has 6 rings (SSSR count). The molecule has 4 aliphatic rings. The molecule has 306 valence electrons. The fourth-order valence-electron chi connectivity index (χ4n) is 8.09. The smallest absolute Gasteiger partial charge is 0.409 e. The number of epoxide rings is 1. The van der Waals surface area contributed by atoms with Crippen LogP contribution in [0.25, 0.3) is 0 Å². The van der Waals surface area contributed by atoms with Crippen LogP contribution < -0.4 is 15.0 Å². The number of hydrogen-bond donors (Lipinski definition) is 2. The fourth-order valence-corrected chi connectivity index (χ4v) is 8.41. The Labute approximate surface area is 337 Å². The van der Waals surface area contributed by atoms with E-state index in [1.807, 2.05) is 13.0 Å². The number of halogens is 1. The Morgan fingerprint density at radius 1 is 1.09 bits per heavy atom. The van der Waals surface area contributed by atoms with Crippen molar-refractivity contribution in [2.24, 2.45) is 5.92 Å². The molecule has 14 nitrogen and oxygen atoms in total. The van der Waals surface area contributed by atoms with E-state index in [9.17, 15) is 29.1 Å². The van der Waals surface area contributed by atoms with Gasteiger partial charge in [-0.1, -0.05) is 54.5 Å². The maximum absolute atomic E-state index is 14.3. The number of hydrogen-bond acceptors (Lipinski definition) is 11. The number of rotatable bonds is 6. The van der Waals surface area contributed by atoms with Crippen LogP contribution in [0.15, 0.2) is 60.2 Å². The van der Waals surface area contributed by atoms with Gasteiger partial charge in [0.1, 0.15) is 40.7 Å². The first-order valence-corrected chi connectivity index (χ1v) is 19.4. The Kier molecular flexibility index (Phi) is 12.2. The van der Waals surface area contributed by atoms with E-state index in [4.69, 9.17) is 35.3 Å². The quantitative estimate of drug-likeness (QED) is 0.224. The number of amides is 3. The number of alkyl carbamates (subject to hydrolysis) is 1. The molecular formula is C42H50ClN3O11. The van der Waals surface area contributed by atoms with Gasteiger partial charge < -0.3 is 38.6 Å². The van der Waals surface area contributed by atoms with Crippen LogP contribution in [0.3, 0.4) is 0 Å². The van der Waals surface area contributed by atoms with Crippen molar-refractivity contribution in [3.63, 3.8) is 0 Å². The van der Waals surface area contributed by atoms with E-state index in [0.717, 1.165) is 11.1 Å². The molecule has 15 heteroatoms. The normalized spacial score (nSPS) is 31.9. The second-order valence-corrected chi connectivity index (χ2v) is 15.9. The highest BCUT2D eigenvalue weighted by Crippen LogP contribution is 2.49. The number of carbonyl (C=O) groups is 5. The van der Waals surface area contributed by atoms with Crippen molar-refractivity contribution in [3.8, 4) is 5.75 Å². The predicted molar refractivity (Wildman–Crippen MR) is 209 cm³/mol. The van der Waals surface area contributed by atoms with Crippen molar-refractivity contribution in [1.82, 2.24) is 10.2 Å². The summed E-state index contributed by atoms with van der Waals surface area (Å²) in [6.07, 6.45) is 1.66. The molecule has 4 heterocycles. The number of esters is 1. The molecule has 2 N–H and O–H groups in total. The van der Waals surface area contributed by atoms with Crippen LogP contribution in [0.5, 0.6) is 5.75 Å². The SMILES string of the molecule is COc1cc2cc(c1Cl)N(C)C(=O)C[C@H](OC(=O)C1CCCN1C(=O)c1ccc(C(C)=O)cc1)[C@]1(C)O[C@H]1[C@H](C)[C@@H]1C[C@@](O)(NC(=O)O1)[C@H](OC)/C=C/C=C(\C)C2. The number of benzene rings is 2. The molecule has 57 heavy (non-hydrogen) atoms. The van der Waals surface area contributed by atoms with Crippen molar-refractivity contribution >= 4 is 46.9 Å². The van der Waals surface area contributed by atoms with E-state index in [0.29, 0.717) is 48.4 Å². The second-order valence-electron chi connectivity index (χ2n) is 15.5. The van der Waals surface area contributed by atoms with Gasteiger partial charge in [-0.3, -0.25) is 19.7 Å². The number of aliphatic hydroxyl groups is 1. The third kappa shape index (κ3) is 8.59. The zero-order valence-corrected chi connectivity index (χ0v) is 34.0. The molecule has 4 aliphatic heterocycles. The highest BCUT2D eigenvalue weighted by molar-refractivity contribution is 6.35. The van der Waals surface area contributed by atoms with Gasteiger partial charge in [-0.2, -0.15) is 0 Å². The Balaban J connectivity index is 1.35. The monoisotopic (exact) mass is 807 g/mol. The van der Waals surface area contributed by atoms with Crippen LogP contribution in [0.4, 0.5) is 10.5 Å². The minimum atomic E-state index is -1.84. The zero-order valence-electron chi connectivity index (χ0n) is 33.2. The lowest BCUT2D eigenvalue weighted by Crippen LogP contribution is -2.63. The number of ether oxygens (including phenoxy) is 5. The van der Waals surface area contributed by atoms with Crippen LogP contribution in [-0.2, 0) is 35.0 Å². The topological polar surface area (TPSA) is 174 Å². The van der Waals surface area contributed by atoms with Crippen LogP contribution in [-0.4, -0.2) is 109 Å². The number of nitrogens with zero attached hydrogens (tertiary/aromatic N) is 2. The molecule has 8 atom stereocenters. The number of allylic oxidation sites excluding steroid dienone is 3. The Morgan fingerprint density at radius 3 is 2.46 bits per heavy atom. The minimum absolute atomic E-state index is 0.0653. The van der Waals surface area contributed by atoms with E-state index in [1.54, 1.807) is 69.4 Å². The third-order valence-corrected chi connectivity index (χ3v) is 11.9. The van der Waals surface area contributed by atoms with Gasteiger partial charge in [-0.05, 0) is 69.9 Å². The minimum Gasteiger partial charge on any atom is -0.495 e. The third-order valence-electron chi connectivity index (χ3n) is 11.5. The molecule has 1 unspecified atom stereocenters. The molecule has 0 spiro atoms. The van der Waals surface area contributed by atoms with E-state index < -0.39 is 65.7 Å². The number of methoxy groups -OCH3 is 2. The summed E-state index contributed by atoms with van der Waals surface area (Å²) in [7, 11) is 4.49. The van der Waals surface area contributed by atoms with E-state index in [1.165, 1.54) is 30.9 Å². The Hall–Kier alpha value is -4.76. The summed E-state index contributed by atoms with van der Waals surface area (Å²) < 4.78 is 29.5. The molecule has 3 fully saturated rings. The standard InChI is InChI=1S/C42H50ClN3O11/c1-23-10-8-12-33(54-7)42(52)22-32(55-40(51)44-42)24(2)37-41(4,57-37)34(21-35(48)45(5)30-19-26(18-23)20-31(53-6)36(30)43)56-39(50)29-11-9-17-46(29)38(49)28-15-13-27(14-16-28)25(3)47/h8,10,12-16,19-20,24,29,32-34,37,52H,9,11,17-18,21-22H2,1-7H3,(H,44,51)/b12-8+,23-10+/t24-,29?,32+,33-,34+,37+,41+,42+/m1/s1. The van der Waals surface area contributed by atoms with Gasteiger partial charge in [0.15, 0.2) is 11.5 Å². The van der Waals surface area contributed by atoms with Crippen LogP contribution in [0.2, 0.25) is 5.02 Å². The van der Waals surface area contributed by atoms with Crippen LogP contribution in [0.1, 0.15) is 79.7 Å². The molecule has 0 aliphatic carbocycles.